The number of hydrogen-bond donors (Lipinski definition) is 0. The highest BCUT2D eigenvalue weighted by Crippen LogP contribution is 2.61. The molecule has 4 bridgehead atoms. The first-order valence-corrected chi connectivity index (χ1v) is 9.64. The van der Waals surface area contributed by atoms with Crippen LogP contribution in [0.4, 0.5) is 0 Å². The number of rotatable bonds is 3. The third-order valence-electron chi connectivity index (χ3n) is 7.63. The van der Waals surface area contributed by atoms with Crippen molar-refractivity contribution in [3.05, 3.63) is 12.2 Å². The third-order valence-corrected chi connectivity index (χ3v) is 7.63. The van der Waals surface area contributed by atoms with E-state index in [1.165, 1.54) is 38.5 Å². The molecule has 0 unspecified atom stereocenters. The van der Waals surface area contributed by atoms with E-state index < -0.39 is 0 Å². The van der Waals surface area contributed by atoms with E-state index >= 15 is 0 Å². The first kappa shape index (κ1) is 14.2. The van der Waals surface area contributed by atoms with Crippen LogP contribution in [0.1, 0.15) is 57.8 Å². The van der Waals surface area contributed by atoms with E-state index in [9.17, 15) is 9.59 Å². The minimum Gasteiger partial charge on any atom is -0.282 e. The lowest BCUT2D eigenvalue weighted by Gasteiger charge is -2.57. The number of nitrogens with zero attached hydrogens (tertiary/aromatic N) is 1. The molecule has 0 radical (unpaired) electrons. The zero-order valence-corrected chi connectivity index (χ0v) is 13.9. The van der Waals surface area contributed by atoms with Gasteiger partial charge in [-0.25, -0.2) is 0 Å². The summed E-state index contributed by atoms with van der Waals surface area (Å²) in [5, 5.41) is 0. The third kappa shape index (κ3) is 2.15. The van der Waals surface area contributed by atoms with Crippen LogP contribution in [0.25, 0.3) is 0 Å². The van der Waals surface area contributed by atoms with Crippen LogP contribution in [0.5, 0.6) is 0 Å². The van der Waals surface area contributed by atoms with Gasteiger partial charge in [0.25, 0.3) is 0 Å². The molecule has 0 spiro atoms. The summed E-state index contributed by atoms with van der Waals surface area (Å²) in [6, 6.07) is 0. The predicted octanol–water partition coefficient (Wildman–Crippen LogP) is 3.54. The Labute approximate surface area is 138 Å². The molecule has 0 N–H and O–H groups in total. The van der Waals surface area contributed by atoms with Crippen molar-refractivity contribution in [3.8, 4) is 0 Å². The zero-order valence-electron chi connectivity index (χ0n) is 13.9. The minimum atomic E-state index is -0.0520. The summed E-state index contributed by atoms with van der Waals surface area (Å²) in [6.45, 7) is 0.691. The van der Waals surface area contributed by atoms with E-state index in [-0.39, 0.29) is 23.7 Å². The number of fused-ring (bicyclic) bond motifs is 1. The van der Waals surface area contributed by atoms with Crippen LogP contribution in [-0.4, -0.2) is 23.3 Å². The molecule has 4 saturated carbocycles. The van der Waals surface area contributed by atoms with Crippen LogP contribution in [0.3, 0.4) is 0 Å². The Bertz CT molecular complexity index is 517. The van der Waals surface area contributed by atoms with Gasteiger partial charge >= 0.3 is 0 Å². The number of hydrogen-bond acceptors (Lipinski definition) is 2. The van der Waals surface area contributed by atoms with Gasteiger partial charge in [-0.3, -0.25) is 14.5 Å². The maximum Gasteiger partial charge on any atom is 0.233 e. The van der Waals surface area contributed by atoms with Gasteiger partial charge in [-0.05, 0) is 81.0 Å². The summed E-state index contributed by atoms with van der Waals surface area (Å²) in [5.41, 5.74) is 0.460. The molecule has 1 saturated heterocycles. The predicted molar refractivity (Wildman–Crippen MR) is 87.3 cm³/mol. The van der Waals surface area contributed by atoms with Crippen molar-refractivity contribution in [2.75, 3.05) is 6.54 Å². The highest BCUT2D eigenvalue weighted by molar-refractivity contribution is 6.05. The van der Waals surface area contributed by atoms with Gasteiger partial charge in [0.2, 0.25) is 11.8 Å². The van der Waals surface area contributed by atoms with E-state index in [1.807, 2.05) is 0 Å². The molecule has 6 aliphatic rings. The lowest BCUT2D eigenvalue weighted by Crippen LogP contribution is -2.47. The summed E-state index contributed by atoms with van der Waals surface area (Å²) in [6.07, 6.45) is 15.2. The van der Waals surface area contributed by atoms with Crippen LogP contribution >= 0.6 is 0 Å². The van der Waals surface area contributed by atoms with Gasteiger partial charge in [0.1, 0.15) is 0 Å². The second-order valence-electron chi connectivity index (χ2n) is 9.15. The minimum absolute atomic E-state index is 0.0520. The summed E-state index contributed by atoms with van der Waals surface area (Å²) in [4.78, 5) is 26.9. The number of allylic oxidation sites excluding steroid dienone is 2. The fourth-order valence-electron chi connectivity index (χ4n) is 7.03. The Morgan fingerprint density at radius 1 is 0.870 bits per heavy atom. The van der Waals surface area contributed by atoms with E-state index in [2.05, 4.69) is 12.2 Å². The first-order valence-electron chi connectivity index (χ1n) is 9.64. The second-order valence-corrected chi connectivity index (χ2v) is 9.15. The average Bonchev–Trinajstić information content (AvgIpc) is 2.76. The van der Waals surface area contributed by atoms with Crippen LogP contribution in [-0.2, 0) is 9.59 Å². The lowest BCUT2D eigenvalue weighted by atomic mass is 9.49. The highest BCUT2D eigenvalue weighted by atomic mass is 16.2. The summed E-state index contributed by atoms with van der Waals surface area (Å²) in [5.74, 6) is 2.96. The monoisotopic (exact) mass is 313 g/mol. The number of likely N-dealkylation sites (tertiary alicyclic amines) is 1. The molecule has 3 heteroatoms. The Hall–Kier alpha value is -1.12. The topological polar surface area (TPSA) is 37.4 Å². The van der Waals surface area contributed by atoms with Gasteiger partial charge in [-0.15, -0.1) is 0 Å². The van der Waals surface area contributed by atoms with Crippen LogP contribution in [0.15, 0.2) is 12.2 Å². The van der Waals surface area contributed by atoms with Crippen molar-refractivity contribution in [1.82, 2.24) is 4.90 Å². The van der Waals surface area contributed by atoms with Gasteiger partial charge < -0.3 is 0 Å². The molecular weight excluding hydrogens is 286 g/mol. The fraction of sp³-hybridized carbons (Fsp3) is 0.800. The van der Waals surface area contributed by atoms with Crippen molar-refractivity contribution in [2.24, 2.45) is 35.0 Å². The van der Waals surface area contributed by atoms with Crippen LogP contribution in [0, 0.1) is 35.0 Å². The summed E-state index contributed by atoms with van der Waals surface area (Å²) in [7, 11) is 0. The Morgan fingerprint density at radius 2 is 1.35 bits per heavy atom. The molecule has 0 aromatic heterocycles. The quantitative estimate of drug-likeness (QED) is 0.590. The molecule has 0 aromatic rings. The molecule has 6 rings (SSSR count). The summed E-state index contributed by atoms with van der Waals surface area (Å²) < 4.78 is 0. The van der Waals surface area contributed by atoms with Crippen molar-refractivity contribution < 1.29 is 9.59 Å². The maximum absolute atomic E-state index is 12.6. The standard InChI is InChI=1S/C20H27NO2/c22-18-16-3-1-2-4-17(16)19(23)21(18)6-5-20-10-13-7-14(11-20)9-15(8-13)12-20/h1-2,13-17H,3-12H2/t13?,14?,15?,16-,17-,20?/m1/s1. The fourth-order valence-corrected chi connectivity index (χ4v) is 7.03. The second kappa shape index (κ2) is 4.94. The van der Waals surface area contributed by atoms with Gasteiger partial charge in [-0.1, -0.05) is 12.2 Å². The van der Waals surface area contributed by atoms with E-state index in [1.54, 1.807) is 4.90 Å². The number of amides is 2. The lowest BCUT2D eigenvalue weighted by molar-refractivity contribution is -0.141. The first-order chi connectivity index (χ1) is 11.1. The van der Waals surface area contributed by atoms with E-state index in [4.69, 9.17) is 0 Å². The average molecular weight is 313 g/mol. The Morgan fingerprint density at radius 3 is 1.83 bits per heavy atom. The molecule has 124 valence electrons. The molecule has 5 fully saturated rings. The van der Waals surface area contributed by atoms with Crippen molar-refractivity contribution in [3.63, 3.8) is 0 Å². The molecule has 23 heavy (non-hydrogen) atoms. The van der Waals surface area contributed by atoms with E-state index in [0.717, 1.165) is 37.0 Å². The molecule has 2 atom stereocenters. The van der Waals surface area contributed by atoms with Crippen molar-refractivity contribution in [2.45, 2.75) is 57.8 Å². The van der Waals surface area contributed by atoms with Crippen molar-refractivity contribution >= 4 is 11.8 Å². The SMILES string of the molecule is O=C1[C@@H]2CC=CC[C@H]2C(=O)N1CCC12CC3CC(CC(C3)C1)C2. The van der Waals surface area contributed by atoms with Gasteiger partial charge in [0, 0.05) is 6.54 Å². The zero-order chi connectivity index (χ0) is 15.6. The number of carbonyl (C=O) groups is 2. The highest BCUT2D eigenvalue weighted by Gasteiger charge is 2.52. The van der Waals surface area contributed by atoms with E-state index in [0.29, 0.717) is 12.0 Å². The Kier molecular flexibility index (Phi) is 3.06. The van der Waals surface area contributed by atoms with Crippen LogP contribution in [0.2, 0.25) is 0 Å². The number of carbonyl (C=O) groups excluding carboxylic acids is 2. The molecule has 2 amide bonds. The largest absolute Gasteiger partial charge is 0.282 e. The molecule has 0 aromatic carbocycles. The van der Waals surface area contributed by atoms with Gasteiger partial charge in [0.15, 0.2) is 0 Å². The summed E-state index contributed by atoms with van der Waals surface area (Å²) >= 11 is 0. The molecule has 1 aliphatic heterocycles. The van der Waals surface area contributed by atoms with Crippen LogP contribution < -0.4 is 0 Å². The smallest absolute Gasteiger partial charge is 0.233 e. The van der Waals surface area contributed by atoms with Gasteiger partial charge in [-0.2, -0.15) is 0 Å². The van der Waals surface area contributed by atoms with Gasteiger partial charge in [0.05, 0.1) is 11.8 Å². The Balaban J connectivity index is 1.30. The normalized spacial score (nSPS) is 47.5. The van der Waals surface area contributed by atoms with Crippen molar-refractivity contribution in [1.29, 1.82) is 0 Å². The molecular formula is C20H27NO2. The molecule has 1 heterocycles. The molecule has 3 nitrogen and oxygen atoms in total. The maximum atomic E-state index is 12.6. The number of imide groups is 1. The molecule has 5 aliphatic carbocycles.